The standard InChI is InChI=1S/C16H16FNO2/c1-3-11-4-9-15(20-2)14(10-11)16(19)18-13-7-5-12(17)6-8-13/h4-10H,3H2,1-2H3,(H,18,19). The zero-order valence-corrected chi connectivity index (χ0v) is 11.4. The highest BCUT2D eigenvalue weighted by molar-refractivity contribution is 6.06. The SMILES string of the molecule is CCc1ccc(OC)c(C(=O)Nc2ccc(F)cc2)c1. The van der Waals surface area contributed by atoms with Crippen LogP contribution in [0.25, 0.3) is 0 Å². The highest BCUT2D eigenvalue weighted by Gasteiger charge is 2.13. The molecule has 4 heteroatoms. The lowest BCUT2D eigenvalue weighted by molar-refractivity contribution is 0.102. The van der Waals surface area contributed by atoms with Gasteiger partial charge in [-0.2, -0.15) is 0 Å². The lowest BCUT2D eigenvalue weighted by Gasteiger charge is -2.10. The van der Waals surface area contributed by atoms with Gasteiger partial charge in [0.25, 0.3) is 5.91 Å². The molecule has 0 aromatic heterocycles. The summed E-state index contributed by atoms with van der Waals surface area (Å²) in [6, 6.07) is 11.1. The maximum atomic E-state index is 12.8. The molecule has 0 saturated carbocycles. The number of anilines is 1. The summed E-state index contributed by atoms with van der Waals surface area (Å²) < 4.78 is 18.0. The second kappa shape index (κ2) is 6.19. The van der Waals surface area contributed by atoms with E-state index in [1.165, 1.54) is 31.4 Å². The van der Waals surface area contributed by atoms with Crippen molar-refractivity contribution in [2.24, 2.45) is 0 Å². The minimum Gasteiger partial charge on any atom is -0.496 e. The number of carbonyl (C=O) groups is 1. The summed E-state index contributed by atoms with van der Waals surface area (Å²) in [7, 11) is 1.52. The first-order chi connectivity index (χ1) is 9.63. The van der Waals surface area contributed by atoms with Gasteiger partial charge in [0.2, 0.25) is 0 Å². The van der Waals surface area contributed by atoms with Crippen molar-refractivity contribution in [2.45, 2.75) is 13.3 Å². The number of amides is 1. The Morgan fingerprint density at radius 2 is 1.90 bits per heavy atom. The first-order valence-corrected chi connectivity index (χ1v) is 6.38. The Morgan fingerprint density at radius 1 is 1.20 bits per heavy atom. The molecular formula is C16H16FNO2. The highest BCUT2D eigenvalue weighted by Crippen LogP contribution is 2.21. The molecule has 0 saturated heterocycles. The van der Waals surface area contributed by atoms with Crippen LogP contribution >= 0.6 is 0 Å². The molecule has 0 atom stereocenters. The van der Waals surface area contributed by atoms with Crippen molar-refractivity contribution in [2.75, 3.05) is 12.4 Å². The summed E-state index contributed by atoms with van der Waals surface area (Å²) in [6.45, 7) is 2.02. The lowest BCUT2D eigenvalue weighted by Crippen LogP contribution is -2.13. The van der Waals surface area contributed by atoms with Crippen LogP contribution in [-0.4, -0.2) is 13.0 Å². The van der Waals surface area contributed by atoms with Gasteiger partial charge in [0, 0.05) is 5.69 Å². The number of aryl methyl sites for hydroxylation is 1. The van der Waals surface area contributed by atoms with Crippen LogP contribution in [0.4, 0.5) is 10.1 Å². The monoisotopic (exact) mass is 273 g/mol. The van der Waals surface area contributed by atoms with Gasteiger partial charge in [-0.25, -0.2) is 4.39 Å². The molecule has 1 amide bonds. The quantitative estimate of drug-likeness (QED) is 0.923. The number of benzene rings is 2. The Bertz CT molecular complexity index is 608. The molecule has 0 unspecified atom stereocenters. The van der Waals surface area contributed by atoms with Gasteiger partial charge in [0.1, 0.15) is 11.6 Å². The summed E-state index contributed by atoms with van der Waals surface area (Å²) in [5, 5.41) is 2.73. The topological polar surface area (TPSA) is 38.3 Å². The fourth-order valence-electron chi connectivity index (χ4n) is 1.88. The van der Waals surface area contributed by atoms with Crippen molar-refractivity contribution in [1.29, 1.82) is 0 Å². The van der Waals surface area contributed by atoms with Crippen molar-refractivity contribution in [3.8, 4) is 5.75 Å². The molecule has 0 spiro atoms. The molecule has 2 aromatic carbocycles. The number of rotatable bonds is 4. The molecule has 1 N–H and O–H groups in total. The van der Waals surface area contributed by atoms with E-state index in [-0.39, 0.29) is 11.7 Å². The van der Waals surface area contributed by atoms with Crippen molar-refractivity contribution >= 4 is 11.6 Å². The molecule has 0 aliphatic rings. The van der Waals surface area contributed by atoms with E-state index < -0.39 is 0 Å². The van der Waals surface area contributed by atoms with Crippen LogP contribution in [0.3, 0.4) is 0 Å². The first-order valence-electron chi connectivity index (χ1n) is 6.38. The van der Waals surface area contributed by atoms with Gasteiger partial charge < -0.3 is 10.1 Å². The molecule has 0 fully saturated rings. The Kier molecular flexibility index (Phi) is 4.35. The molecule has 0 radical (unpaired) electrons. The van der Waals surface area contributed by atoms with Gasteiger partial charge in [-0.05, 0) is 48.4 Å². The number of halogens is 1. The average molecular weight is 273 g/mol. The maximum Gasteiger partial charge on any atom is 0.259 e. The zero-order chi connectivity index (χ0) is 14.5. The summed E-state index contributed by atoms with van der Waals surface area (Å²) in [5.41, 5.74) is 2.06. The largest absolute Gasteiger partial charge is 0.496 e. The molecule has 3 nitrogen and oxygen atoms in total. The average Bonchev–Trinajstić information content (AvgIpc) is 2.48. The highest BCUT2D eigenvalue weighted by atomic mass is 19.1. The molecule has 0 bridgehead atoms. The third-order valence-corrected chi connectivity index (χ3v) is 3.02. The summed E-state index contributed by atoms with van der Waals surface area (Å²) >= 11 is 0. The molecule has 0 aliphatic heterocycles. The van der Waals surface area contributed by atoms with Gasteiger partial charge in [-0.3, -0.25) is 4.79 Å². The van der Waals surface area contributed by atoms with Gasteiger partial charge in [0.15, 0.2) is 0 Å². The van der Waals surface area contributed by atoms with E-state index in [9.17, 15) is 9.18 Å². The number of methoxy groups -OCH3 is 1. The van der Waals surface area contributed by atoms with Crippen LogP contribution in [0, 0.1) is 5.82 Å². The fraction of sp³-hybridized carbons (Fsp3) is 0.188. The van der Waals surface area contributed by atoms with E-state index in [2.05, 4.69) is 5.32 Å². The summed E-state index contributed by atoms with van der Waals surface area (Å²) in [6.07, 6.45) is 0.834. The van der Waals surface area contributed by atoms with Crippen molar-refractivity contribution < 1.29 is 13.9 Å². The van der Waals surface area contributed by atoms with Gasteiger partial charge in [-0.1, -0.05) is 13.0 Å². The molecule has 2 aromatic rings. The Hall–Kier alpha value is -2.36. The van der Waals surface area contributed by atoms with Crippen LogP contribution in [0.5, 0.6) is 5.75 Å². The van der Waals surface area contributed by atoms with Crippen LogP contribution in [0.15, 0.2) is 42.5 Å². The number of hydrogen-bond donors (Lipinski definition) is 1. The first kappa shape index (κ1) is 14.1. The molecular weight excluding hydrogens is 257 g/mol. The van der Waals surface area contributed by atoms with E-state index in [4.69, 9.17) is 4.74 Å². The van der Waals surface area contributed by atoms with E-state index in [0.29, 0.717) is 17.0 Å². The van der Waals surface area contributed by atoms with Crippen LogP contribution in [0.2, 0.25) is 0 Å². The van der Waals surface area contributed by atoms with Gasteiger partial charge >= 0.3 is 0 Å². The third-order valence-electron chi connectivity index (χ3n) is 3.02. The Balaban J connectivity index is 2.25. The molecule has 20 heavy (non-hydrogen) atoms. The van der Waals surface area contributed by atoms with Crippen LogP contribution in [0.1, 0.15) is 22.8 Å². The molecule has 104 valence electrons. The predicted molar refractivity (Wildman–Crippen MR) is 76.7 cm³/mol. The Labute approximate surface area is 117 Å². The van der Waals surface area contributed by atoms with Gasteiger partial charge in [-0.15, -0.1) is 0 Å². The van der Waals surface area contributed by atoms with E-state index in [1.54, 1.807) is 12.1 Å². The number of hydrogen-bond acceptors (Lipinski definition) is 2. The van der Waals surface area contributed by atoms with Crippen molar-refractivity contribution in [1.82, 2.24) is 0 Å². The number of nitrogens with one attached hydrogen (secondary N) is 1. The van der Waals surface area contributed by atoms with E-state index in [1.807, 2.05) is 13.0 Å². The zero-order valence-electron chi connectivity index (χ0n) is 11.4. The minimum atomic E-state index is -0.339. The lowest BCUT2D eigenvalue weighted by atomic mass is 10.1. The Morgan fingerprint density at radius 3 is 2.50 bits per heavy atom. The van der Waals surface area contributed by atoms with E-state index in [0.717, 1.165) is 12.0 Å². The van der Waals surface area contributed by atoms with Crippen LogP contribution in [-0.2, 0) is 6.42 Å². The summed E-state index contributed by atoms with van der Waals surface area (Å²) in [5.74, 6) is -0.0980. The normalized spacial score (nSPS) is 10.2. The number of carbonyl (C=O) groups excluding carboxylic acids is 1. The van der Waals surface area contributed by atoms with E-state index >= 15 is 0 Å². The number of ether oxygens (including phenoxy) is 1. The maximum absolute atomic E-state index is 12.8. The third kappa shape index (κ3) is 3.15. The minimum absolute atomic E-state index is 0.274. The fourth-order valence-corrected chi connectivity index (χ4v) is 1.88. The van der Waals surface area contributed by atoms with Crippen molar-refractivity contribution in [3.63, 3.8) is 0 Å². The molecule has 0 aliphatic carbocycles. The van der Waals surface area contributed by atoms with Gasteiger partial charge in [0.05, 0.1) is 12.7 Å². The van der Waals surface area contributed by atoms with Crippen molar-refractivity contribution in [3.05, 3.63) is 59.4 Å². The summed E-state index contributed by atoms with van der Waals surface area (Å²) in [4.78, 5) is 12.3. The predicted octanol–water partition coefficient (Wildman–Crippen LogP) is 3.65. The smallest absolute Gasteiger partial charge is 0.259 e. The second-order valence-corrected chi connectivity index (χ2v) is 4.35. The second-order valence-electron chi connectivity index (χ2n) is 4.35. The molecule has 0 heterocycles. The van der Waals surface area contributed by atoms with Crippen LogP contribution < -0.4 is 10.1 Å². The molecule has 2 rings (SSSR count).